The van der Waals surface area contributed by atoms with Gasteiger partial charge in [-0.05, 0) is 24.3 Å². The number of thiophene rings is 1. The summed E-state index contributed by atoms with van der Waals surface area (Å²) in [5.41, 5.74) is 1.28. The predicted octanol–water partition coefficient (Wildman–Crippen LogP) is 5.02. The van der Waals surface area contributed by atoms with E-state index < -0.39 is 0 Å². The van der Waals surface area contributed by atoms with Crippen molar-refractivity contribution >= 4 is 57.0 Å². The van der Waals surface area contributed by atoms with Crippen molar-refractivity contribution in [1.82, 2.24) is 9.97 Å². The van der Waals surface area contributed by atoms with Crippen molar-refractivity contribution in [2.24, 2.45) is 0 Å². The second-order valence-electron chi connectivity index (χ2n) is 3.78. The first-order chi connectivity index (χ1) is 9.04. The Morgan fingerprint density at radius 1 is 1.05 bits per heavy atom. The monoisotopic (exact) mass is 330 g/mol. The normalized spacial score (nSPS) is 11.1. The molecule has 7 heteroatoms. The third-order valence-electron chi connectivity index (χ3n) is 2.53. The highest BCUT2D eigenvalue weighted by Crippen LogP contribution is 2.38. The molecule has 0 aliphatic rings. The number of halogens is 3. The number of hydrogen-bond acceptors (Lipinski definition) is 4. The van der Waals surface area contributed by atoms with Gasteiger partial charge < -0.3 is 5.11 Å². The molecule has 3 nitrogen and oxygen atoms in total. The fourth-order valence-corrected chi connectivity index (χ4v) is 3.38. The van der Waals surface area contributed by atoms with Crippen LogP contribution in [0.3, 0.4) is 0 Å². The molecule has 0 aliphatic carbocycles. The number of hydrogen-bond donors (Lipinski definition) is 1. The average Bonchev–Trinajstić information content (AvgIpc) is 2.69. The van der Waals surface area contributed by atoms with Crippen LogP contribution in [0.2, 0.25) is 13.8 Å². The molecule has 0 unspecified atom stereocenters. The zero-order valence-electron chi connectivity index (χ0n) is 9.19. The number of fused-ring (bicyclic) bond motifs is 1. The highest BCUT2D eigenvalue weighted by atomic mass is 35.5. The molecule has 0 spiro atoms. The maximum atomic E-state index is 9.44. The van der Waals surface area contributed by atoms with Gasteiger partial charge in [-0.2, -0.15) is 0 Å². The number of aromatic hydroxyl groups is 1. The van der Waals surface area contributed by atoms with Gasteiger partial charge in [0.1, 0.15) is 15.2 Å². The van der Waals surface area contributed by atoms with Crippen LogP contribution < -0.4 is 0 Å². The molecule has 0 saturated carbocycles. The SMILES string of the molecule is Oc1ccc2nc(-c3cc(Cl)sc3Cl)nc(Cl)c2c1. The van der Waals surface area contributed by atoms with Crippen LogP contribution in [0.15, 0.2) is 24.3 Å². The molecule has 96 valence electrons. The average molecular weight is 332 g/mol. The van der Waals surface area contributed by atoms with Gasteiger partial charge in [-0.3, -0.25) is 0 Å². The zero-order chi connectivity index (χ0) is 13.6. The first-order valence-corrected chi connectivity index (χ1v) is 7.11. The highest BCUT2D eigenvalue weighted by molar-refractivity contribution is 7.20. The fourth-order valence-electron chi connectivity index (χ4n) is 1.69. The van der Waals surface area contributed by atoms with Gasteiger partial charge in [-0.1, -0.05) is 34.8 Å². The van der Waals surface area contributed by atoms with E-state index in [2.05, 4.69) is 9.97 Å². The molecule has 2 aromatic heterocycles. The minimum absolute atomic E-state index is 0.113. The standard InChI is InChI=1S/C12H5Cl3N2OS/c13-9-4-7(11(15)19-9)12-16-8-2-1-5(18)3-6(8)10(14)17-12/h1-4,18H. The quantitative estimate of drug-likeness (QED) is 0.636. The fraction of sp³-hybridized carbons (Fsp3) is 0. The molecular formula is C12H5Cl3N2OS. The van der Waals surface area contributed by atoms with Crippen molar-refractivity contribution < 1.29 is 5.11 Å². The molecule has 0 bridgehead atoms. The molecule has 3 rings (SSSR count). The number of phenols is 1. The van der Waals surface area contributed by atoms with Crippen LogP contribution in [-0.2, 0) is 0 Å². The summed E-state index contributed by atoms with van der Waals surface area (Å²) in [6, 6.07) is 6.43. The Labute approximate surface area is 127 Å². The van der Waals surface area contributed by atoms with Crippen LogP contribution >= 0.6 is 46.1 Å². The third kappa shape index (κ3) is 2.37. The van der Waals surface area contributed by atoms with E-state index in [0.29, 0.717) is 31.0 Å². The Balaban J connectivity index is 2.26. The Kier molecular flexibility index (Phi) is 3.27. The number of aromatic nitrogens is 2. The van der Waals surface area contributed by atoms with Crippen molar-refractivity contribution in [2.75, 3.05) is 0 Å². The van der Waals surface area contributed by atoms with Crippen LogP contribution in [0.1, 0.15) is 0 Å². The molecule has 0 aliphatic heterocycles. The molecule has 0 saturated heterocycles. The third-order valence-corrected chi connectivity index (χ3v) is 4.31. The zero-order valence-corrected chi connectivity index (χ0v) is 12.3. The van der Waals surface area contributed by atoms with E-state index >= 15 is 0 Å². The molecule has 3 aromatic rings. The Morgan fingerprint density at radius 2 is 1.84 bits per heavy atom. The molecule has 2 heterocycles. The van der Waals surface area contributed by atoms with E-state index in [1.807, 2.05) is 0 Å². The van der Waals surface area contributed by atoms with E-state index in [1.54, 1.807) is 12.1 Å². The Hall–Kier alpha value is -1.07. The first kappa shape index (κ1) is 12.9. The van der Waals surface area contributed by atoms with E-state index in [-0.39, 0.29) is 10.9 Å². The topological polar surface area (TPSA) is 46.0 Å². The lowest BCUT2D eigenvalue weighted by Crippen LogP contribution is -1.91. The smallest absolute Gasteiger partial charge is 0.163 e. The number of phenolic OH excluding ortho intramolecular Hbond substituents is 1. The van der Waals surface area contributed by atoms with Crippen molar-refractivity contribution in [2.45, 2.75) is 0 Å². The van der Waals surface area contributed by atoms with Crippen molar-refractivity contribution in [3.63, 3.8) is 0 Å². The minimum atomic E-state index is 0.113. The summed E-state index contributed by atoms with van der Waals surface area (Å²) in [5, 5.41) is 10.3. The maximum Gasteiger partial charge on any atom is 0.163 e. The molecule has 19 heavy (non-hydrogen) atoms. The molecular weight excluding hydrogens is 327 g/mol. The summed E-state index contributed by atoms with van der Waals surface area (Å²) in [4.78, 5) is 8.57. The molecule has 0 fully saturated rings. The summed E-state index contributed by atoms with van der Waals surface area (Å²) < 4.78 is 1.07. The van der Waals surface area contributed by atoms with Crippen molar-refractivity contribution in [1.29, 1.82) is 0 Å². The molecule has 0 amide bonds. The second kappa shape index (κ2) is 4.80. The first-order valence-electron chi connectivity index (χ1n) is 5.16. The summed E-state index contributed by atoms with van der Waals surface area (Å²) >= 11 is 19.3. The van der Waals surface area contributed by atoms with Crippen LogP contribution in [0.5, 0.6) is 5.75 Å². The predicted molar refractivity (Wildman–Crippen MR) is 79.5 cm³/mol. The highest BCUT2D eigenvalue weighted by Gasteiger charge is 2.14. The molecule has 0 radical (unpaired) electrons. The Bertz CT molecular complexity index is 788. The number of rotatable bonds is 1. The minimum Gasteiger partial charge on any atom is -0.508 e. The van der Waals surface area contributed by atoms with Gasteiger partial charge in [0.05, 0.1) is 15.4 Å². The maximum absolute atomic E-state index is 9.44. The van der Waals surface area contributed by atoms with E-state index in [9.17, 15) is 5.11 Å². The molecule has 1 N–H and O–H groups in total. The number of nitrogens with zero attached hydrogens (tertiary/aromatic N) is 2. The van der Waals surface area contributed by atoms with Gasteiger partial charge in [-0.25, -0.2) is 9.97 Å². The largest absolute Gasteiger partial charge is 0.508 e. The lowest BCUT2D eigenvalue weighted by Gasteiger charge is -2.04. The summed E-state index contributed by atoms with van der Waals surface area (Å²) in [7, 11) is 0. The van der Waals surface area contributed by atoms with E-state index in [1.165, 1.54) is 23.5 Å². The van der Waals surface area contributed by atoms with E-state index in [0.717, 1.165) is 0 Å². The Morgan fingerprint density at radius 3 is 2.53 bits per heavy atom. The van der Waals surface area contributed by atoms with Crippen LogP contribution in [0.25, 0.3) is 22.3 Å². The molecule has 0 atom stereocenters. The molecule has 1 aromatic carbocycles. The lowest BCUT2D eigenvalue weighted by molar-refractivity contribution is 0.476. The summed E-state index contributed by atoms with van der Waals surface area (Å²) in [6.45, 7) is 0. The van der Waals surface area contributed by atoms with Gasteiger partial charge in [-0.15, -0.1) is 11.3 Å². The summed E-state index contributed by atoms with van der Waals surface area (Å²) in [5.74, 6) is 0.527. The summed E-state index contributed by atoms with van der Waals surface area (Å²) in [6.07, 6.45) is 0. The van der Waals surface area contributed by atoms with Crippen LogP contribution in [0.4, 0.5) is 0 Å². The lowest BCUT2D eigenvalue weighted by atomic mass is 10.2. The van der Waals surface area contributed by atoms with Crippen molar-refractivity contribution in [3.8, 4) is 17.1 Å². The van der Waals surface area contributed by atoms with Crippen molar-refractivity contribution in [3.05, 3.63) is 38.1 Å². The van der Waals surface area contributed by atoms with Crippen LogP contribution in [0, 0.1) is 0 Å². The van der Waals surface area contributed by atoms with Gasteiger partial charge in [0.25, 0.3) is 0 Å². The second-order valence-corrected chi connectivity index (χ2v) is 6.42. The van der Waals surface area contributed by atoms with Gasteiger partial charge in [0, 0.05) is 5.39 Å². The van der Waals surface area contributed by atoms with Gasteiger partial charge in [0.15, 0.2) is 5.82 Å². The van der Waals surface area contributed by atoms with E-state index in [4.69, 9.17) is 34.8 Å². The van der Waals surface area contributed by atoms with Crippen LogP contribution in [-0.4, -0.2) is 15.1 Å². The van der Waals surface area contributed by atoms with Gasteiger partial charge in [0.2, 0.25) is 0 Å². The number of benzene rings is 1. The van der Waals surface area contributed by atoms with Gasteiger partial charge >= 0.3 is 0 Å².